The third-order valence-electron chi connectivity index (χ3n) is 4.63. The van der Waals surface area contributed by atoms with Crippen LogP contribution in [0.15, 0.2) is 54.6 Å². The van der Waals surface area contributed by atoms with Crippen LogP contribution in [0.3, 0.4) is 0 Å². The number of benzene rings is 3. The lowest BCUT2D eigenvalue weighted by molar-refractivity contribution is 0.111. The smallest absolute Gasteiger partial charge is 0.127 e. The predicted octanol–water partition coefficient (Wildman–Crippen LogP) is 5.61. The van der Waals surface area contributed by atoms with Crippen LogP contribution in [0.4, 0.5) is 0 Å². The summed E-state index contributed by atoms with van der Waals surface area (Å²) in [5, 5.41) is 2.41. The fourth-order valence-electron chi connectivity index (χ4n) is 3.27. The molecule has 122 valence electrons. The Bertz CT molecular complexity index is 909. The largest absolute Gasteiger partial charge is 0.492 e. The Morgan fingerprint density at radius 2 is 1.46 bits per heavy atom. The van der Waals surface area contributed by atoms with Crippen molar-refractivity contribution in [1.82, 2.24) is 0 Å². The van der Waals surface area contributed by atoms with Gasteiger partial charge in [-0.25, -0.2) is 0 Å². The fraction of sp³-hybridized carbons (Fsp3) is 0.273. The molecular weight excluding hydrogens is 296 g/mol. The Morgan fingerprint density at radius 3 is 2.29 bits per heavy atom. The number of fused-ring (bicyclic) bond motifs is 2. The maximum absolute atomic E-state index is 6.24. The molecule has 1 aliphatic rings. The molecular formula is C22H22O2. The van der Waals surface area contributed by atoms with Crippen LogP contribution in [0.2, 0.25) is 0 Å². The average molecular weight is 318 g/mol. The van der Waals surface area contributed by atoms with Gasteiger partial charge in [0.1, 0.15) is 11.5 Å². The second kappa shape index (κ2) is 5.55. The van der Waals surface area contributed by atoms with Crippen LogP contribution in [0.5, 0.6) is 11.5 Å². The molecule has 2 heteroatoms. The van der Waals surface area contributed by atoms with Crippen LogP contribution in [-0.2, 0) is 0 Å². The Labute approximate surface area is 143 Å². The molecule has 1 aliphatic heterocycles. The molecule has 0 bridgehead atoms. The molecule has 3 aromatic rings. The first-order valence-corrected chi connectivity index (χ1v) is 8.42. The van der Waals surface area contributed by atoms with Crippen molar-refractivity contribution in [3.05, 3.63) is 60.2 Å². The molecule has 0 spiro atoms. The standard InChI is InChI=1S/C22H22O2/c1-15-11-12-20-21-16(15)8-6-9-18(21)17-7-4-5-10-19(17)23-13-22(2,3)14-24-20/h4-12H,13-14H2,1-3H3. The van der Waals surface area contributed by atoms with Gasteiger partial charge in [0.05, 0.1) is 13.2 Å². The van der Waals surface area contributed by atoms with E-state index in [2.05, 4.69) is 69.3 Å². The molecule has 4 rings (SSSR count). The van der Waals surface area contributed by atoms with Crippen LogP contribution in [0, 0.1) is 12.3 Å². The molecule has 0 amide bonds. The van der Waals surface area contributed by atoms with E-state index in [-0.39, 0.29) is 5.41 Å². The maximum atomic E-state index is 6.24. The fourth-order valence-corrected chi connectivity index (χ4v) is 3.27. The molecule has 0 atom stereocenters. The van der Waals surface area contributed by atoms with Crippen molar-refractivity contribution in [2.75, 3.05) is 13.2 Å². The number of hydrogen-bond donors (Lipinski definition) is 0. The van der Waals surface area contributed by atoms with Crippen molar-refractivity contribution >= 4 is 10.8 Å². The first kappa shape index (κ1) is 15.1. The summed E-state index contributed by atoms with van der Waals surface area (Å²) < 4.78 is 12.4. The summed E-state index contributed by atoms with van der Waals surface area (Å²) in [4.78, 5) is 0. The van der Waals surface area contributed by atoms with Gasteiger partial charge in [-0.15, -0.1) is 0 Å². The van der Waals surface area contributed by atoms with E-state index in [1.807, 2.05) is 6.07 Å². The highest BCUT2D eigenvalue weighted by Gasteiger charge is 2.24. The molecule has 0 N–H and O–H groups in total. The normalized spacial score (nSPS) is 16.0. The van der Waals surface area contributed by atoms with Gasteiger partial charge in [0.2, 0.25) is 0 Å². The third kappa shape index (κ3) is 2.52. The van der Waals surface area contributed by atoms with Crippen molar-refractivity contribution in [3.8, 4) is 22.6 Å². The first-order chi connectivity index (χ1) is 11.6. The molecule has 1 heterocycles. The Morgan fingerprint density at radius 1 is 0.750 bits per heavy atom. The van der Waals surface area contributed by atoms with Gasteiger partial charge in [-0.1, -0.05) is 56.3 Å². The van der Waals surface area contributed by atoms with E-state index in [1.54, 1.807) is 0 Å². The van der Waals surface area contributed by atoms with Gasteiger partial charge >= 0.3 is 0 Å². The summed E-state index contributed by atoms with van der Waals surface area (Å²) in [6.45, 7) is 7.75. The summed E-state index contributed by atoms with van der Waals surface area (Å²) >= 11 is 0. The highest BCUT2D eigenvalue weighted by molar-refractivity contribution is 6.03. The molecule has 0 saturated heterocycles. The summed E-state index contributed by atoms with van der Waals surface area (Å²) in [5.41, 5.74) is 3.49. The molecule has 0 fully saturated rings. The van der Waals surface area contributed by atoms with Gasteiger partial charge in [0, 0.05) is 16.4 Å². The summed E-state index contributed by atoms with van der Waals surface area (Å²) in [6, 6.07) is 19.0. The van der Waals surface area contributed by atoms with Crippen molar-refractivity contribution in [2.24, 2.45) is 5.41 Å². The number of rotatable bonds is 0. The lowest BCUT2D eigenvalue weighted by atomic mass is 9.93. The highest BCUT2D eigenvalue weighted by atomic mass is 16.5. The van der Waals surface area contributed by atoms with E-state index in [9.17, 15) is 0 Å². The lowest BCUT2D eigenvalue weighted by Crippen LogP contribution is -2.29. The summed E-state index contributed by atoms with van der Waals surface area (Å²) in [6.07, 6.45) is 0. The first-order valence-electron chi connectivity index (χ1n) is 8.42. The quantitative estimate of drug-likeness (QED) is 0.536. The SMILES string of the molecule is Cc1ccc2c3c(cccc13)-c1ccccc1OCC(C)(C)CO2. The second-order valence-corrected chi connectivity index (χ2v) is 7.35. The topological polar surface area (TPSA) is 18.5 Å². The minimum atomic E-state index is -0.0589. The molecule has 0 saturated carbocycles. The minimum Gasteiger partial charge on any atom is -0.492 e. The van der Waals surface area contributed by atoms with Crippen molar-refractivity contribution < 1.29 is 9.47 Å². The van der Waals surface area contributed by atoms with E-state index >= 15 is 0 Å². The second-order valence-electron chi connectivity index (χ2n) is 7.35. The Balaban J connectivity index is 2.07. The van der Waals surface area contributed by atoms with E-state index in [1.165, 1.54) is 21.9 Å². The average Bonchev–Trinajstić information content (AvgIpc) is 2.59. The molecule has 0 aromatic heterocycles. The number of ether oxygens (including phenoxy) is 2. The molecule has 0 aliphatic carbocycles. The van der Waals surface area contributed by atoms with Gasteiger partial charge < -0.3 is 9.47 Å². The van der Waals surface area contributed by atoms with E-state index in [4.69, 9.17) is 9.47 Å². The number of para-hydroxylation sites is 1. The lowest BCUT2D eigenvalue weighted by Gasteiger charge is -2.28. The van der Waals surface area contributed by atoms with E-state index < -0.39 is 0 Å². The monoisotopic (exact) mass is 318 g/mol. The Hall–Kier alpha value is -2.48. The molecule has 3 aromatic carbocycles. The molecule has 24 heavy (non-hydrogen) atoms. The van der Waals surface area contributed by atoms with Gasteiger partial charge in [-0.05, 0) is 35.6 Å². The van der Waals surface area contributed by atoms with Gasteiger partial charge in [-0.2, -0.15) is 0 Å². The predicted molar refractivity (Wildman–Crippen MR) is 98.9 cm³/mol. The summed E-state index contributed by atoms with van der Waals surface area (Å²) in [5.74, 6) is 1.89. The van der Waals surface area contributed by atoms with Crippen molar-refractivity contribution in [1.29, 1.82) is 0 Å². The third-order valence-corrected chi connectivity index (χ3v) is 4.63. The van der Waals surface area contributed by atoms with Gasteiger partial charge in [0.15, 0.2) is 0 Å². The number of aryl methyl sites for hydroxylation is 1. The zero-order valence-corrected chi connectivity index (χ0v) is 14.4. The van der Waals surface area contributed by atoms with Crippen LogP contribution in [0.25, 0.3) is 21.9 Å². The summed E-state index contributed by atoms with van der Waals surface area (Å²) in [7, 11) is 0. The van der Waals surface area contributed by atoms with Crippen LogP contribution in [-0.4, -0.2) is 13.2 Å². The van der Waals surface area contributed by atoms with Crippen LogP contribution in [0.1, 0.15) is 19.4 Å². The Kier molecular flexibility index (Phi) is 3.49. The zero-order valence-electron chi connectivity index (χ0n) is 14.4. The van der Waals surface area contributed by atoms with Crippen LogP contribution >= 0.6 is 0 Å². The highest BCUT2D eigenvalue weighted by Crippen LogP contribution is 2.41. The molecule has 2 nitrogen and oxygen atoms in total. The molecule has 0 unspecified atom stereocenters. The van der Waals surface area contributed by atoms with Gasteiger partial charge in [-0.3, -0.25) is 0 Å². The van der Waals surface area contributed by atoms with E-state index in [0.717, 1.165) is 17.1 Å². The zero-order chi connectivity index (χ0) is 16.7. The minimum absolute atomic E-state index is 0.0589. The maximum Gasteiger partial charge on any atom is 0.127 e. The van der Waals surface area contributed by atoms with E-state index in [0.29, 0.717) is 13.2 Å². The van der Waals surface area contributed by atoms with Gasteiger partial charge in [0.25, 0.3) is 0 Å². The number of hydrogen-bond acceptors (Lipinski definition) is 2. The van der Waals surface area contributed by atoms with Crippen molar-refractivity contribution in [2.45, 2.75) is 20.8 Å². The molecule has 0 radical (unpaired) electrons. The van der Waals surface area contributed by atoms with Crippen LogP contribution < -0.4 is 9.47 Å². The van der Waals surface area contributed by atoms with Crippen molar-refractivity contribution in [3.63, 3.8) is 0 Å².